The highest BCUT2D eigenvalue weighted by molar-refractivity contribution is 5.81. The molecule has 0 aromatic carbocycles. The summed E-state index contributed by atoms with van der Waals surface area (Å²) in [7, 11) is 0. The van der Waals surface area contributed by atoms with Gasteiger partial charge in [-0.05, 0) is 5.92 Å². The van der Waals surface area contributed by atoms with Crippen molar-refractivity contribution in [2.75, 3.05) is 13.1 Å². The van der Waals surface area contributed by atoms with Gasteiger partial charge in [0, 0.05) is 19.0 Å². The van der Waals surface area contributed by atoms with Crippen LogP contribution in [-0.4, -0.2) is 41.1 Å². The summed E-state index contributed by atoms with van der Waals surface area (Å²) < 4.78 is 38.7. The van der Waals surface area contributed by atoms with Crippen molar-refractivity contribution in [1.29, 1.82) is 0 Å². The van der Waals surface area contributed by atoms with E-state index in [0.717, 1.165) is 17.7 Å². The van der Waals surface area contributed by atoms with E-state index in [4.69, 9.17) is 5.11 Å². The lowest BCUT2D eigenvalue weighted by atomic mass is 9.88. The van der Waals surface area contributed by atoms with Crippen LogP contribution in [0.25, 0.3) is 0 Å². The molecule has 1 amide bonds. The van der Waals surface area contributed by atoms with Crippen LogP contribution in [0.3, 0.4) is 0 Å². The summed E-state index contributed by atoms with van der Waals surface area (Å²) in [5.41, 5.74) is 0. The molecule has 1 fully saturated rings. The maximum absolute atomic E-state index is 12.9. The lowest BCUT2D eigenvalue weighted by Gasteiger charge is -2.26. The van der Waals surface area contributed by atoms with E-state index < -0.39 is 30.5 Å². The number of carbonyl (C=O) groups is 2. The summed E-state index contributed by atoms with van der Waals surface area (Å²) in [4.78, 5) is 24.4. The number of halogens is 3. The molecule has 0 spiro atoms. The lowest BCUT2D eigenvalue weighted by Crippen LogP contribution is -2.37. The van der Waals surface area contributed by atoms with E-state index in [-0.39, 0.29) is 24.3 Å². The Kier molecular flexibility index (Phi) is 5.64. The summed E-state index contributed by atoms with van der Waals surface area (Å²) in [6, 6.07) is 0. The van der Waals surface area contributed by atoms with Gasteiger partial charge in [-0.1, -0.05) is 33.6 Å². The zero-order chi connectivity index (χ0) is 16.4. The number of aliphatic carboxylic acids is 1. The van der Waals surface area contributed by atoms with E-state index >= 15 is 0 Å². The van der Waals surface area contributed by atoms with Crippen LogP contribution in [0.15, 0.2) is 0 Å². The van der Waals surface area contributed by atoms with E-state index in [1.54, 1.807) is 6.92 Å². The Morgan fingerprint density at radius 3 is 2.10 bits per heavy atom. The molecular weight excluding hydrogens is 287 g/mol. The number of likely N-dealkylation sites (tertiary alicyclic amines) is 1. The SMILES string of the molecule is CCC(CC)C(C)C(=O)N1C[C@@H](C(F)(F)F)[C@H](C(=O)O)C1. The van der Waals surface area contributed by atoms with Gasteiger partial charge in [-0.3, -0.25) is 9.59 Å². The number of alkyl halides is 3. The Bertz CT molecular complexity index is 393. The molecule has 1 unspecified atom stereocenters. The second-order valence-electron chi connectivity index (χ2n) is 5.70. The topological polar surface area (TPSA) is 57.6 Å². The smallest absolute Gasteiger partial charge is 0.394 e. The third kappa shape index (κ3) is 3.89. The van der Waals surface area contributed by atoms with Crippen molar-refractivity contribution >= 4 is 11.9 Å². The van der Waals surface area contributed by atoms with Gasteiger partial charge in [0.2, 0.25) is 5.91 Å². The number of rotatable bonds is 5. The quantitative estimate of drug-likeness (QED) is 0.849. The summed E-state index contributed by atoms with van der Waals surface area (Å²) in [5.74, 6) is -5.70. The molecular formula is C14H22F3NO3. The minimum atomic E-state index is -4.60. The van der Waals surface area contributed by atoms with E-state index in [9.17, 15) is 22.8 Å². The van der Waals surface area contributed by atoms with Crippen LogP contribution < -0.4 is 0 Å². The molecule has 7 heteroatoms. The van der Waals surface area contributed by atoms with E-state index in [1.165, 1.54) is 0 Å². The number of carboxylic acid groups (broad SMARTS) is 1. The molecule has 21 heavy (non-hydrogen) atoms. The van der Waals surface area contributed by atoms with Crippen LogP contribution >= 0.6 is 0 Å². The first-order valence-corrected chi connectivity index (χ1v) is 7.21. The van der Waals surface area contributed by atoms with Crippen molar-refractivity contribution in [2.24, 2.45) is 23.7 Å². The minimum absolute atomic E-state index is 0.103. The molecule has 0 radical (unpaired) electrons. The van der Waals surface area contributed by atoms with Crippen molar-refractivity contribution < 1.29 is 27.9 Å². The van der Waals surface area contributed by atoms with Gasteiger partial charge >= 0.3 is 12.1 Å². The van der Waals surface area contributed by atoms with Crippen LogP contribution in [0.1, 0.15) is 33.6 Å². The molecule has 1 heterocycles. The first kappa shape index (κ1) is 17.8. The number of hydrogen-bond donors (Lipinski definition) is 1. The van der Waals surface area contributed by atoms with Gasteiger partial charge < -0.3 is 10.0 Å². The molecule has 0 aromatic rings. The third-order valence-corrected chi connectivity index (χ3v) is 4.51. The number of amides is 1. The van der Waals surface area contributed by atoms with Gasteiger partial charge in [0.1, 0.15) is 0 Å². The van der Waals surface area contributed by atoms with Gasteiger partial charge in [0.15, 0.2) is 0 Å². The van der Waals surface area contributed by atoms with Crippen LogP contribution in [0.4, 0.5) is 13.2 Å². The van der Waals surface area contributed by atoms with E-state index in [2.05, 4.69) is 0 Å². The average Bonchev–Trinajstić information content (AvgIpc) is 2.84. The van der Waals surface area contributed by atoms with Gasteiger partial charge in [0.05, 0.1) is 11.8 Å². The molecule has 1 rings (SSSR count). The van der Waals surface area contributed by atoms with Gasteiger partial charge in [-0.15, -0.1) is 0 Å². The molecule has 122 valence electrons. The van der Waals surface area contributed by atoms with Crippen molar-refractivity contribution in [3.8, 4) is 0 Å². The fourth-order valence-corrected chi connectivity index (χ4v) is 3.05. The second-order valence-corrected chi connectivity index (χ2v) is 5.70. The maximum Gasteiger partial charge on any atom is 0.394 e. The molecule has 4 nitrogen and oxygen atoms in total. The zero-order valence-electron chi connectivity index (χ0n) is 12.5. The predicted molar refractivity (Wildman–Crippen MR) is 70.5 cm³/mol. The van der Waals surface area contributed by atoms with Gasteiger partial charge in [-0.25, -0.2) is 0 Å². The first-order chi connectivity index (χ1) is 9.63. The molecule has 0 saturated carbocycles. The molecule has 0 bridgehead atoms. The molecule has 3 atom stereocenters. The van der Waals surface area contributed by atoms with Crippen molar-refractivity contribution in [2.45, 2.75) is 39.8 Å². The fourth-order valence-electron chi connectivity index (χ4n) is 3.05. The van der Waals surface area contributed by atoms with Crippen molar-refractivity contribution in [1.82, 2.24) is 4.90 Å². The van der Waals surface area contributed by atoms with Crippen LogP contribution in [0.5, 0.6) is 0 Å². The molecule has 1 aliphatic heterocycles. The Labute approximate surface area is 122 Å². The lowest BCUT2D eigenvalue weighted by molar-refractivity contribution is -0.188. The van der Waals surface area contributed by atoms with Crippen LogP contribution in [-0.2, 0) is 9.59 Å². The number of hydrogen-bond acceptors (Lipinski definition) is 2. The molecule has 0 aliphatic carbocycles. The summed E-state index contributed by atoms with van der Waals surface area (Å²) >= 11 is 0. The second kappa shape index (κ2) is 6.66. The largest absolute Gasteiger partial charge is 0.481 e. The summed E-state index contributed by atoms with van der Waals surface area (Å²) in [5, 5.41) is 8.95. The van der Waals surface area contributed by atoms with Crippen molar-refractivity contribution in [3.05, 3.63) is 0 Å². The fraction of sp³-hybridized carbons (Fsp3) is 0.857. The highest BCUT2D eigenvalue weighted by Crippen LogP contribution is 2.38. The predicted octanol–water partition coefficient (Wildman–Crippen LogP) is 2.78. The Balaban J connectivity index is 2.87. The monoisotopic (exact) mass is 309 g/mol. The van der Waals surface area contributed by atoms with Gasteiger partial charge in [0.25, 0.3) is 0 Å². The average molecular weight is 309 g/mol. The highest BCUT2D eigenvalue weighted by Gasteiger charge is 2.53. The Morgan fingerprint density at radius 2 is 1.76 bits per heavy atom. The van der Waals surface area contributed by atoms with E-state index in [0.29, 0.717) is 0 Å². The van der Waals surface area contributed by atoms with Crippen molar-refractivity contribution in [3.63, 3.8) is 0 Å². The maximum atomic E-state index is 12.9. The molecule has 1 aliphatic rings. The van der Waals surface area contributed by atoms with E-state index in [1.807, 2.05) is 13.8 Å². The number of nitrogens with zero attached hydrogens (tertiary/aromatic N) is 1. The normalized spacial score (nSPS) is 24.4. The van der Waals surface area contributed by atoms with Crippen LogP contribution in [0, 0.1) is 23.7 Å². The number of carboxylic acids is 1. The molecule has 1 saturated heterocycles. The number of carbonyl (C=O) groups excluding carboxylic acids is 1. The molecule has 1 N–H and O–H groups in total. The highest BCUT2D eigenvalue weighted by atomic mass is 19.4. The minimum Gasteiger partial charge on any atom is -0.481 e. The summed E-state index contributed by atoms with van der Waals surface area (Å²) in [6.45, 7) is 4.66. The van der Waals surface area contributed by atoms with Crippen LogP contribution in [0.2, 0.25) is 0 Å². The standard InChI is InChI=1S/C14H22F3NO3/c1-4-9(5-2)8(3)12(19)18-6-10(13(20)21)11(7-18)14(15,16)17/h8-11H,4-7H2,1-3H3,(H,20,21)/t8?,10-,11-/m1/s1. The summed E-state index contributed by atoms with van der Waals surface area (Å²) in [6.07, 6.45) is -3.07. The van der Waals surface area contributed by atoms with Gasteiger partial charge in [-0.2, -0.15) is 13.2 Å². The zero-order valence-corrected chi connectivity index (χ0v) is 12.5. The Hall–Kier alpha value is -1.27. The Morgan fingerprint density at radius 1 is 1.24 bits per heavy atom. The third-order valence-electron chi connectivity index (χ3n) is 4.51. The molecule has 0 aromatic heterocycles. The first-order valence-electron chi connectivity index (χ1n) is 7.21.